The number of aromatic nitrogens is 2. The summed E-state index contributed by atoms with van der Waals surface area (Å²) in [4.78, 5) is 32.7. The maximum atomic E-state index is 13.3. The normalized spacial score (nSPS) is 32.8. The van der Waals surface area contributed by atoms with Crippen LogP contribution in [0.15, 0.2) is 30.6 Å². The number of ether oxygens (including phenoxy) is 1. The summed E-state index contributed by atoms with van der Waals surface area (Å²) in [6, 6.07) is 1.87. The summed E-state index contributed by atoms with van der Waals surface area (Å²) >= 11 is 0. The van der Waals surface area contributed by atoms with Crippen LogP contribution in [0.3, 0.4) is 0 Å². The van der Waals surface area contributed by atoms with Crippen LogP contribution in [-0.2, 0) is 20.9 Å². The average molecular weight is 414 g/mol. The Labute approximate surface area is 177 Å². The highest BCUT2D eigenvalue weighted by Gasteiger charge is 2.66. The number of likely N-dealkylation sites (N-methyl/N-ethyl adjacent to an activating group) is 1. The van der Waals surface area contributed by atoms with Crippen LogP contribution in [0.25, 0.3) is 0 Å². The minimum atomic E-state index is -0.618. The first-order valence-corrected chi connectivity index (χ1v) is 11.2. The Balaban J connectivity index is 1.24. The van der Waals surface area contributed by atoms with Crippen molar-refractivity contribution in [2.45, 2.75) is 37.5 Å². The number of carbonyl (C=O) groups excluding carboxylic acids is 2. The largest absolute Gasteiger partial charge is 0.360 e. The van der Waals surface area contributed by atoms with Crippen molar-refractivity contribution in [3.05, 3.63) is 30.6 Å². The van der Waals surface area contributed by atoms with Crippen molar-refractivity contribution in [2.24, 2.45) is 11.8 Å². The Morgan fingerprint density at radius 2 is 2.10 bits per heavy atom. The van der Waals surface area contributed by atoms with Gasteiger partial charge in [0.25, 0.3) is 0 Å². The molecule has 1 aromatic heterocycles. The van der Waals surface area contributed by atoms with E-state index in [1.54, 1.807) is 11.1 Å². The Kier molecular flexibility index (Phi) is 5.14. The molecule has 0 unspecified atom stereocenters. The molecule has 0 N–H and O–H groups in total. The fraction of sp³-hybridized carbons (Fsp3) is 0.682. The molecule has 1 aromatic rings. The fourth-order valence-electron chi connectivity index (χ4n) is 5.54. The van der Waals surface area contributed by atoms with Crippen LogP contribution in [-0.4, -0.2) is 94.3 Å². The number of hydrogen-bond acceptors (Lipinski definition) is 5. The van der Waals surface area contributed by atoms with Crippen LogP contribution in [0.1, 0.15) is 19.3 Å². The quantitative estimate of drug-likeness (QED) is 0.613. The predicted molar refractivity (Wildman–Crippen MR) is 110 cm³/mol. The van der Waals surface area contributed by atoms with E-state index < -0.39 is 17.4 Å². The lowest BCUT2D eigenvalue weighted by molar-refractivity contribution is -0.142. The topological polar surface area (TPSA) is 70.9 Å². The molecular weight excluding hydrogens is 382 g/mol. The van der Waals surface area contributed by atoms with Gasteiger partial charge in [0.15, 0.2) is 0 Å². The molecule has 5 heterocycles. The van der Waals surface area contributed by atoms with E-state index in [2.05, 4.69) is 10.00 Å². The lowest BCUT2D eigenvalue weighted by Crippen LogP contribution is -2.45. The molecule has 0 radical (unpaired) electrons. The van der Waals surface area contributed by atoms with E-state index in [0.29, 0.717) is 19.6 Å². The van der Waals surface area contributed by atoms with Gasteiger partial charge < -0.3 is 19.4 Å². The summed E-state index contributed by atoms with van der Waals surface area (Å²) in [5.74, 6) is -0.745. The molecule has 162 valence electrons. The monoisotopic (exact) mass is 413 g/mol. The Morgan fingerprint density at radius 1 is 1.27 bits per heavy atom. The molecule has 3 fully saturated rings. The first-order valence-electron chi connectivity index (χ1n) is 11.2. The van der Waals surface area contributed by atoms with E-state index in [-0.39, 0.29) is 17.9 Å². The SMILES string of the molecule is CN(CCn1cccn1)C(=O)[C@H]1[C@@H]2C=C[C@@]3(CN(CCN4CCCCC4)C(=O)[C@H]13)O2. The molecule has 2 bridgehead atoms. The van der Waals surface area contributed by atoms with Gasteiger partial charge in [0.1, 0.15) is 5.60 Å². The molecule has 0 aliphatic carbocycles. The highest BCUT2D eigenvalue weighted by Crippen LogP contribution is 2.52. The molecule has 0 aromatic carbocycles. The molecule has 1 spiro atoms. The van der Waals surface area contributed by atoms with Gasteiger partial charge in [0.2, 0.25) is 11.8 Å². The molecule has 0 saturated carbocycles. The van der Waals surface area contributed by atoms with Gasteiger partial charge in [-0.1, -0.05) is 18.6 Å². The second kappa shape index (κ2) is 7.81. The number of rotatable bonds is 7. The van der Waals surface area contributed by atoms with Crippen molar-refractivity contribution in [3.63, 3.8) is 0 Å². The van der Waals surface area contributed by atoms with Crippen molar-refractivity contribution in [3.8, 4) is 0 Å². The zero-order valence-electron chi connectivity index (χ0n) is 17.7. The minimum absolute atomic E-state index is 0.00499. The number of fused-ring (bicyclic) bond motifs is 1. The van der Waals surface area contributed by atoms with Crippen molar-refractivity contribution in [1.29, 1.82) is 0 Å². The maximum absolute atomic E-state index is 13.3. The van der Waals surface area contributed by atoms with Gasteiger partial charge >= 0.3 is 0 Å². The molecule has 2 amide bonds. The zero-order chi connectivity index (χ0) is 20.7. The Bertz CT molecular complexity index is 819. The average Bonchev–Trinajstić information content (AvgIpc) is 3.53. The maximum Gasteiger partial charge on any atom is 0.230 e. The summed E-state index contributed by atoms with van der Waals surface area (Å²) in [5, 5.41) is 4.19. The van der Waals surface area contributed by atoms with Gasteiger partial charge in [-0.3, -0.25) is 14.3 Å². The number of piperidine rings is 1. The third-order valence-corrected chi connectivity index (χ3v) is 7.20. The van der Waals surface area contributed by atoms with Gasteiger partial charge in [0, 0.05) is 39.1 Å². The van der Waals surface area contributed by atoms with Crippen LogP contribution in [0.4, 0.5) is 0 Å². The van der Waals surface area contributed by atoms with Crippen molar-refractivity contribution >= 4 is 11.8 Å². The van der Waals surface area contributed by atoms with E-state index in [1.165, 1.54) is 19.3 Å². The van der Waals surface area contributed by atoms with Gasteiger partial charge in [-0.25, -0.2) is 0 Å². The second-order valence-corrected chi connectivity index (χ2v) is 9.09. The van der Waals surface area contributed by atoms with E-state index >= 15 is 0 Å². The molecule has 8 nitrogen and oxygen atoms in total. The van der Waals surface area contributed by atoms with E-state index in [0.717, 1.165) is 26.2 Å². The van der Waals surface area contributed by atoms with Gasteiger partial charge in [0.05, 0.1) is 31.0 Å². The van der Waals surface area contributed by atoms with Crippen molar-refractivity contribution < 1.29 is 14.3 Å². The van der Waals surface area contributed by atoms with Gasteiger partial charge in [-0.05, 0) is 32.0 Å². The summed E-state index contributed by atoms with van der Waals surface area (Å²) in [6.07, 6.45) is 11.2. The summed E-state index contributed by atoms with van der Waals surface area (Å²) in [5.41, 5.74) is -0.618. The Morgan fingerprint density at radius 3 is 2.87 bits per heavy atom. The van der Waals surface area contributed by atoms with Gasteiger partial charge in [-0.2, -0.15) is 5.10 Å². The van der Waals surface area contributed by atoms with E-state index in [9.17, 15) is 9.59 Å². The second-order valence-electron chi connectivity index (χ2n) is 9.09. The predicted octanol–water partition coefficient (Wildman–Crippen LogP) is 0.609. The van der Waals surface area contributed by atoms with Gasteiger partial charge in [-0.15, -0.1) is 0 Å². The van der Waals surface area contributed by atoms with Crippen LogP contribution >= 0.6 is 0 Å². The molecule has 4 aliphatic heterocycles. The number of likely N-dealkylation sites (tertiary alicyclic amines) is 2. The molecule has 3 saturated heterocycles. The number of carbonyl (C=O) groups is 2. The smallest absolute Gasteiger partial charge is 0.230 e. The fourth-order valence-corrected chi connectivity index (χ4v) is 5.54. The zero-order valence-corrected chi connectivity index (χ0v) is 17.7. The minimum Gasteiger partial charge on any atom is -0.360 e. The standard InChI is InChI=1S/C22H31N5O3/c1-24(12-15-27-11-5-8-23-27)20(28)18-17-6-7-22(30-17)16-26(21(29)19(18)22)14-13-25-9-3-2-4-10-25/h5-8,11,17-19H,2-4,9-10,12-16H2,1H3/t17-,18-,19-,22-/m0/s1. The molecular formula is C22H31N5O3. The van der Waals surface area contributed by atoms with Crippen LogP contribution in [0.2, 0.25) is 0 Å². The van der Waals surface area contributed by atoms with Crippen LogP contribution in [0, 0.1) is 11.8 Å². The van der Waals surface area contributed by atoms with Crippen LogP contribution < -0.4 is 0 Å². The first-order chi connectivity index (χ1) is 14.6. The van der Waals surface area contributed by atoms with Crippen LogP contribution in [0.5, 0.6) is 0 Å². The third-order valence-electron chi connectivity index (χ3n) is 7.20. The highest BCUT2D eigenvalue weighted by atomic mass is 16.5. The van der Waals surface area contributed by atoms with E-state index in [4.69, 9.17) is 4.74 Å². The van der Waals surface area contributed by atoms with Crippen molar-refractivity contribution in [1.82, 2.24) is 24.5 Å². The lowest BCUT2D eigenvalue weighted by atomic mass is 9.76. The van der Waals surface area contributed by atoms with Crippen molar-refractivity contribution in [2.75, 3.05) is 46.3 Å². The summed E-state index contributed by atoms with van der Waals surface area (Å²) in [6.45, 7) is 5.63. The lowest BCUT2D eigenvalue weighted by Gasteiger charge is -2.29. The number of hydrogen-bond donors (Lipinski definition) is 0. The molecule has 8 heteroatoms. The molecule has 4 atom stereocenters. The Hall–Kier alpha value is -2.19. The highest BCUT2D eigenvalue weighted by molar-refractivity contribution is 5.93. The summed E-state index contributed by atoms with van der Waals surface area (Å²) < 4.78 is 8.07. The molecule has 4 aliphatic rings. The number of amides is 2. The molecule has 30 heavy (non-hydrogen) atoms. The summed E-state index contributed by atoms with van der Waals surface area (Å²) in [7, 11) is 1.81. The first kappa shape index (κ1) is 19.8. The third kappa shape index (κ3) is 3.36. The van der Waals surface area contributed by atoms with E-state index in [1.807, 2.05) is 41.0 Å². The molecule has 5 rings (SSSR count). The number of nitrogens with zero attached hydrogens (tertiary/aromatic N) is 5.